The molecule has 2 aromatic carbocycles. The Morgan fingerprint density at radius 1 is 1.00 bits per heavy atom. The zero-order valence-corrected chi connectivity index (χ0v) is 14.1. The van der Waals surface area contributed by atoms with Crippen LogP contribution in [-0.2, 0) is 20.8 Å². The van der Waals surface area contributed by atoms with E-state index in [-0.39, 0.29) is 6.10 Å². The lowest BCUT2D eigenvalue weighted by Gasteiger charge is -2.22. The first-order valence-electron chi connectivity index (χ1n) is 8.25. The maximum absolute atomic E-state index is 10.7. The molecule has 0 unspecified atom stereocenters. The Balaban J connectivity index is 1.63. The molecule has 0 aromatic heterocycles. The van der Waals surface area contributed by atoms with Crippen LogP contribution >= 0.6 is 0 Å². The number of rotatable bonds is 6. The van der Waals surface area contributed by atoms with Crippen molar-refractivity contribution in [1.82, 2.24) is 0 Å². The molecule has 1 aliphatic rings. The zero-order chi connectivity index (χ0) is 17.0. The summed E-state index contributed by atoms with van der Waals surface area (Å²) >= 11 is 0. The van der Waals surface area contributed by atoms with Gasteiger partial charge in [-0.3, -0.25) is 0 Å². The first-order chi connectivity index (χ1) is 11.6. The summed E-state index contributed by atoms with van der Waals surface area (Å²) in [6.45, 7) is 4.59. The molecule has 0 saturated carbocycles. The lowest BCUT2D eigenvalue weighted by Crippen LogP contribution is -2.33. The van der Waals surface area contributed by atoms with E-state index < -0.39 is 18.0 Å². The first-order valence-corrected chi connectivity index (χ1v) is 8.25. The monoisotopic (exact) mass is 328 g/mol. The molecule has 0 radical (unpaired) electrons. The predicted octanol–water partition coefficient (Wildman–Crippen LogP) is 3.46. The summed E-state index contributed by atoms with van der Waals surface area (Å²) in [5.41, 5.74) is 1.92. The molecule has 0 bridgehead atoms. The van der Waals surface area contributed by atoms with Crippen LogP contribution in [0.5, 0.6) is 0 Å². The summed E-state index contributed by atoms with van der Waals surface area (Å²) in [5, 5.41) is 10.7. The van der Waals surface area contributed by atoms with E-state index in [2.05, 4.69) is 0 Å². The molecule has 2 aromatic rings. The maximum Gasteiger partial charge on any atom is 0.164 e. The number of aliphatic hydroxyl groups is 1. The SMILES string of the molecule is CC1(C)O[C@H]([C@@H](O)c2ccccc2)[C@@H](COCc2ccccc2)O1. The molecule has 1 fully saturated rings. The molecule has 3 rings (SSSR count). The smallest absolute Gasteiger partial charge is 0.164 e. The third kappa shape index (κ3) is 4.22. The minimum atomic E-state index is -0.752. The van der Waals surface area contributed by atoms with Gasteiger partial charge in [0.15, 0.2) is 5.79 Å². The van der Waals surface area contributed by atoms with Crippen molar-refractivity contribution < 1.29 is 19.3 Å². The Hall–Kier alpha value is -1.72. The van der Waals surface area contributed by atoms with Crippen molar-refractivity contribution in [1.29, 1.82) is 0 Å². The summed E-state index contributed by atoms with van der Waals surface area (Å²) in [4.78, 5) is 0. The van der Waals surface area contributed by atoms with E-state index in [9.17, 15) is 5.11 Å². The third-order valence-corrected chi connectivity index (χ3v) is 4.07. The first kappa shape index (κ1) is 17.1. The predicted molar refractivity (Wildman–Crippen MR) is 91.3 cm³/mol. The molecule has 0 amide bonds. The van der Waals surface area contributed by atoms with E-state index in [0.29, 0.717) is 13.2 Å². The molecule has 24 heavy (non-hydrogen) atoms. The van der Waals surface area contributed by atoms with Crippen molar-refractivity contribution in [3.05, 3.63) is 71.8 Å². The summed E-state index contributed by atoms with van der Waals surface area (Å²) in [6, 6.07) is 19.5. The molecule has 4 nitrogen and oxygen atoms in total. The number of hydrogen-bond acceptors (Lipinski definition) is 4. The van der Waals surface area contributed by atoms with Crippen LogP contribution in [0.1, 0.15) is 31.1 Å². The summed E-state index contributed by atoms with van der Waals surface area (Å²) in [7, 11) is 0. The minimum absolute atomic E-state index is 0.320. The van der Waals surface area contributed by atoms with Crippen molar-refractivity contribution >= 4 is 0 Å². The maximum atomic E-state index is 10.7. The van der Waals surface area contributed by atoms with Crippen LogP contribution in [-0.4, -0.2) is 29.7 Å². The van der Waals surface area contributed by atoms with Crippen LogP contribution < -0.4 is 0 Å². The minimum Gasteiger partial charge on any atom is -0.386 e. The second kappa shape index (κ2) is 7.45. The molecule has 1 saturated heterocycles. The Morgan fingerprint density at radius 3 is 2.29 bits per heavy atom. The highest BCUT2D eigenvalue weighted by Crippen LogP contribution is 2.35. The quantitative estimate of drug-likeness (QED) is 0.882. The molecule has 0 spiro atoms. The van der Waals surface area contributed by atoms with E-state index in [1.54, 1.807) is 0 Å². The van der Waals surface area contributed by atoms with E-state index in [1.807, 2.05) is 74.5 Å². The third-order valence-electron chi connectivity index (χ3n) is 4.07. The van der Waals surface area contributed by atoms with Gasteiger partial charge in [-0.05, 0) is 25.0 Å². The fourth-order valence-corrected chi connectivity index (χ4v) is 2.97. The molecule has 0 aliphatic carbocycles. The fourth-order valence-electron chi connectivity index (χ4n) is 2.97. The van der Waals surface area contributed by atoms with Crippen molar-refractivity contribution in [2.45, 2.75) is 44.6 Å². The average Bonchev–Trinajstić information content (AvgIpc) is 2.91. The van der Waals surface area contributed by atoms with Gasteiger partial charge in [0.2, 0.25) is 0 Å². The van der Waals surface area contributed by atoms with Gasteiger partial charge in [0.05, 0.1) is 13.2 Å². The van der Waals surface area contributed by atoms with Crippen molar-refractivity contribution in [3.63, 3.8) is 0 Å². The fraction of sp³-hybridized carbons (Fsp3) is 0.400. The van der Waals surface area contributed by atoms with E-state index >= 15 is 0 Å². The van der Waals surface area contributed by atoms with Crippen LogP contribution in [0.2, 0.25) is 0 Å². The standard InChI is InChI=1S/C20H24O4/c1-20(2)23-17(14-22-13-15-9-5-3-6-10-15)19(24-20)18(21)16-11-7-4-8-12-16/h3-12,17-19,21H,13-14H2,1-2H3/t17-,18+,19+/m1/s1. The van der Waals surface area contributed by atoms with Gasteiger partial charge in [-0.2, -0.15) is 0 Å². The highest BCUT2D eigenvalue weighted by Gasteiger charge is 2.45. The second-order valence-corrected chi connectivity index (χ2v) is 6.49. The van der Waals surface area contributed by atoms with Crippen LogP contribution in [0.25, 0.3) is 0 Å². The van der Waals surface area contributed by atoms with E-state index in [4.69, 9.17) is 14.2 Å². The van der Waals surface area contributed by atoms with Crippen LogP contribution in [0, 0.1) is 0 Å². The number of ether oxygens (including phenoxy) is 3. The molecule has 1 aliphatic heterocycles. The highest BCUT2D eigenvalue weighted by atomic mass is 16.8. The van der Waals surface area contributed by atoms with Crippen molar-refractivity contribution in [2.75, 3.05) is 6.61 Å². The lowest BCUT2D eigenvalue weighted by molar-refractivity contribution is -0.158. The average molecular weight is 328 g/mol. The topological polar surface area (TPSA) is 47.9 Å². The summed E-state index contributed by atoms with van der Waals surface area (Å²) < 4.78 is 17.7. The number of benzene rings is 2. The van der Waals surface area contributed by atoms with Crippen LogP contribution in [0.15, 0.2) is 60.7 Å². The van der Waals surface area contributed by atoms with Gasteiger partial charge in [-0.15, -0.1) is 0 Å². The summed E-state index contributed by atoms with van der Waals surface area (Å²) in [6.07, 6.45) is -1.53. The Kier molecular flexibility index (Phi) is 5.31. The van der Waals surface area contributed by atoms with Gasteiger partial charge >= 0.3 is 0 Å². The molecule has 4 heteroatoms. The Bertz CT molecular complexity index is 627. The molecular formula is C20H24O4. The van der Waals surface area contributed by atoms with Crippen LogP contribution in [0.4, 0.5) is 0 Å². The van der Waals surface area contributed by atoms with Crippen LogP contribution in [0.3, 0.4) is 0 Å². The van der Waals surface area contributed by atoms with Gasteiger partial charge < -0.3 is 19.3 Å². The van der Waals surface area contributed by atoms with Gasteiger partial charge in [0.1, 0.15) is 18.3 Å². The van der Waals surface area contributed by atoms with Crippen molar-refractivity contribution in [3.8, 4) is 0 Å². The summed E-state index contributed by atoms with van der Waals surface area (Å²) in [5.74, 6) is -0.735. The second-order valence-electron chi connectivity index (χ2n) is 6.49. The zero-order valence-electron chi connectivity index (χ0n) is 14.1. The molecule has 3 atom stereocenters. The van der Waals surface area contributed by atoms with Gasteiger partial charge in [-0.25, -0.2) is 0 Å². The molecular weight excluding hydrogens is 304 g/mol. The number of aliphatic hydroxyl groups excluding tert-OH is 1. The largest absolute Gasteiger partial charge is 0.386 e. The highest BCUT2D eigenvalue weighted by molar-refractivity contribution is 5.19. The Morgan fingerprint density at radius 2 is 1.62 bits per heavy atom. The number of hydrogen-bond donors (Lipinski definition) is 1. The molecule has 1 heterocycles. The molecule has 128 valence electrons. The lowest BCUT2D eigenvalue weighted by atomic mass is 10.0. The normalized spacial score (nSPS) is 24.0. The van der Waals surface area contributed by atoms with E-state index in [0.717, 1.165) is 11.1 Å². The van der Waals surface area contributed by atoms with Gasteiger partial charge in [0, 0.05) is 0 Å². The van der Waals surface area contributed by atoms with Crippen molar-refractivity contribution in [2.24, 2.45) is 0 Å². The van der Waals surface area contributed by atoms with E-state index in [1.165, 1.54) is 0 Å². The molecule has 1 N–H and O–H groups in total. The van der Waals surface area contributed by atoms with Gasteiger partial charge in [0.25, 0.3) is 0 Å². The Labute approximate surface area is 143 Å². The van der Waals surface area contributed by atoms with Gasteiger partial charge in [-0.1, -0.05) is 60.7 Å².